The molecule has 0 saturated heterocycles. The van der Waals surface area contributed by atoms with Gasteiger partial charge in [-0.3, -0.25) is 14.6 Å². The van der Waals surface area contributed by atoms with Crippen LogP contribution in [0.4, 0.5) is 10.1 Å². The lowest BCUT2D eigenvalue weighted by Crippen LogP contribution is -2.28. The van der Waals surface area contributed by atoms with Gasteiger partial charge in [-0.1, -0.05) is 20.8 Å². The molecule has 0 bridgehead atoms. The number of hydrogen-bond acceptors (Lipinski definition) is 4. The van der Waals surface area contributed by atoms with Gasteiger partial charge in [0.2, 0.25) is 5.91 Å². The van der Waals surface area contributed by atoms with Crippen LogP contribution in [0.25, 0.3) is 0 Å². The summed E-state index contributed by atoms with van der Waals surface area (Å²) in [6.07, 6.45) is 1.47. The van der Waals surface area contributed by atoms with Crippen LogP contribution >= 0.6 is 0 Å². The Kier molecular flexibility index (Phi) is 5.81. The first-order valence-electron chi connectivity index (χ1n) is 6.85. The predicted molar refractivity (Wildman–Crippen MR) is 77.2 cm³/mol. The Balaban J connectivity index is 2.85. The fraction of sp³-hybridized carbons (Fsp3) is 0.533. The molecule has 21 heavy (non-hydrogen) atoms. The number of rotatable bonds is 5. The van der Waals surface area contributed by atoms with E-state index in [1.807, 2.05) is 0 Å². The van der Waals surface area contributed by atoms with Gasteiger partial charge in [0.25, 0.3) is 0 Å². The maximum atomic E-state index is 13.3. The number of anilines is 1. The number of carbonyl (C=O) groups is 2. The van der Waals surface area contributed by atoms with Crippen molar-refractivity contribution in [2.24, 2.45) is 5.41 Å². The maximum Gasteiger partial charge on any atom is 0.306 e. The third-order valence-electron chi connectivity index (χ3n) is 2.74. The summed E-state index contributed by atoms with van der Waals surface area (Å²) in [5.74, 6) is -1.14. The molecule has 1 aromatic heterocycles. The minimum atomic E-state index is -0.606. The summed E-state index contributed by atoms with van der Waals surface area (Å²) < 4.78 is 18.1. The summed E-state index contributed by atoms with van der Waals surface area (Å²) in [5, 5.41) is 2.65. The van der Waals surface area contributed by atoms with Gasteiger partial charge in [-0.05, 0) is 6.92 Å². The summed E-state index contributed by atoms with van der Waals surface area (Å²) in [4.78, 5) is 27.3. The number of hydrogen-bond donors (Lipinski definition) is 1. The minimum Gasteiger partial charge on any atom is -0.466 e. The minimum absolute atomic E-state index is 0.130. The number of esters is 1. The highest BCUT2D eigenvalue weighted by atomic mass is 19.1. The van der Waals surface area contributed by atoms with E-state index in [1.165, 1.54) is 6.07 Å². The second-order valence-corrected chi connectivity index (χ2v) is 5.66. The molecular formula is C15H21FN2O3. The molecule has 0 fully saturated rings. The van der Waals surface area contributed by atoms with Gasteiger partial charge in [0.1, 0.15) is 5.82 Å². The Labute approximate surface area is 123 Å². The van der Waals surface area contributed by atoms with Crippen molar-refractivity contribution in [1.29, 1.82) is 0 Å². The Morgan fingerprint density at radius 1 is 1.38 bits per heavy atom. The number of ether oxygens (including phenoxy) is 1. The molecule has 1 heterocycles. The van der Waals surface area contributed by atoms with E-state index in [-0.39, 0.29) is 24.7 Å². The van der Waals surface area contributed by atoms with Gasteiger partial charge >= 0.3 is 5.97 Å². The fourth-order valence-corrected chi connectivity index (χ4v) is 1.54. The molecule has 1 aromatic rings. The quantitative estimate of drug-likeness (QED) is 0.848. The zero-order chi connectivity index (χ0) is 16.0. The predicted octanol–water partition coefficient (Wildman–Crippen LogP) is 2.70. The summed E-state index contributed by atoms with van der Waals surface area (Å²) in [5.41, 5.74) is 0.145. The summed E-state index contributed by atoms with van der Waals surface area (Å²) >= 11 is 0. The first-order valence-corrected chi connectivity index (χ1v) is 6.85. The van der Waals surface area contributed by atoms with E-state index in [0.29, 0.717) is 18.0 Å². The lowest BCUT2D eigenvalue weighted by Gasteiger charge is -2.19. The fourth-order valence-electron chi connectivity index (χ4n) is 1.54. The molecule has 1 N–H and O–H groups in total. The first kappa shape index (κ1) is 17.1. The second kappa shape index (κ2) is 7.15. The van der Waals surface area contributed by atoms with Crippen LogP contribution < -0.4 is 5.32 Å². The van der Waals surface area contributed by atoms with Crippen molar-refractivity contribution < 1.29 is 18.7 Å². The zero-order valence-electron chi connectivity index (χ0n) is 12.8. The van der Waals surface area contributed by atoms with Crippen molar-refractivity contribution in [2.45, 2.75) is 40.5 Å². The highest BCUT2D eigenvalue weighted by Gasteiger charge is 2.22. The van der Waals surface area contributed by atoms with Gasteiger partial charge in [-0.25, -0.2) is 4.39 Å². The lowest BCUT2D eigenvalue weighted by atomic mass is 9.95. The maximum absolute atomic E-state index is 13.3. The van der Waals surface area contributed by atoms with Crippen LogP contribution in [0.1, 0.15) is 39.8 Å². The zero-order valence-corrected chi connectivity index (χ0v) is 12.8. The molecule has 0 aliphatic heterocycles. The highest BCUT2D eigenvalue weighted by molar-refractivity contribution is 5.95. The largest absolute Gasteiger partial charge is 0.466 e. The topological polar surface area (TPSA) is 68.3 Å². The first-order chi connectivity index (χ1) is 9.74. The molecule has 0 aliphatic rings. The monoisotopic (exact) mass is 296 g/mol. The normalized spacial score (nSPS) is 11.1. The molecule has 116 valence electrons. The van der Waals surface area contributed by atoms with Crippen LogP contribution in [0.15, 0.2) is 12.3 Å². The van der Waals surface area contributed by atoms with E-state index >= 15 is 0 Å². The number of carbonyl (C=O) groups excluding carboxylic acids is 2. The van der Waals surface area contributed by atoms with Crippen molar-refractivity contribution >= 4 is 17.6 Å². The molecule has 0 spiro atoms. The molecule has 1 rings (SSSR count). The molecule has 0 saturated carbocycles. The standard InChI is InChI=1S/C15H21FN2O3/c1-5-21-13(19)7-6-11-12(8-10(16)9-17-11)18-14(20)15(2,3)4/h8-9H,5-7H2,1-4H3,(H,18,20). The van der Waals surface area contributed by atoms with E-state index in [2.05, 4.69) is 10.3 Å². The average molecular weight is 296 g/mol. The number of amides is 1. The van der Waals surface area contributed by atoms with E-state index in [4.69, 9.17) is 4.74 Å². The van der Waals surface area contributed by atoms with Gasteiger partial charge in [-0.2, -0.15) is 0 Å². The Morgan fingerprint density at radius 3 is 2.62 bits per heavy atom. The molecule has 5 nitrogen and oxygen atoms in total. The van der Waals surface area contributed by atoms with Crippen molar-refractivity contribution in [3.63, 3.8) is 0 Å². The van der Waals surface area contributed by atoms with Crippen LogP contribution in [0.2, 0.25) is 0 Å². The average Bonchev–Trinajstić information content (AvgIpc) is 2.37. The van der Waals surface area contributed by atoms with Gasteiger partial charge in [0.05, 0.1) is 30.6 Å². The molecule has 0 aromatic carbocycles. The van der Waals surface area contributed by atoms with Crippen molar-refractivity contribution in [3.05, 3.63) is 23.8 Å². The molecule has 0 atom stereocenters. The van der Waals surface area contributed by atoms with E-state index in [0.717, 1.165) is 6.20 Å². The molecular weight excluding hydrogens is 275 g/mol. The number of nitrogens with one attached hydrogen (secondary N) is 1. The smallest absolute Gasteiger partial charge is 0.306 e. The van der Waals surface area contributed by atoms with Gasteiger partial charge < -0.3 is 10.1 Å². The number of aryl methyl sites for hydroxylation is 1. The number of pyridine rings is 1. The van der Waals surface area contributed by atoms with Crippen molar-refractivity contribution in [2.75, 3.05) is 11.9 Å². The third kappa shape index (κ3) is 5.49. The Morgan fingerprint density at radius 2 is 2.05 bits per heavy atom. The van der Waals surface area contributed by atoms with E-state index in [1.54, 1.807) is 27.7 Å². The molecule has 0 unspecified atom stereocenters. The van der Waals surface area contributed by atoms with Crippen LogP contribution in [0.3, 0.4) is 0 Å². The molecule has 6 heteroatoms. The van der Waals surface area contributed by atoms with Crippen LogP contribution in [-0.4, -0.2) is 23.5 Å². The third-order valence-corrected chi connectivity index (χ3v) is 2.74. The van der Waals surface area contributed by atoms with Crippen LogP contribution in [0, 0.1) is 11.2 Å². The summed E-state index contributed by atoms with van der Waals surface area (Å²) in [7, 11) is 0. The molecule has 0 radical (unpaired) electrons. The van der Waals surface area contributed by atoms with E-state index < -0.39 is 11.2 Å². The number of aromatic nitrogens is 1. The van der Waals surface area contributed by atoms with E-state index in [9.17, 15) is 14.0 Å². The Hall–Kier alpha value is -1.98. The van der Waals surface area contributed by atoms with Crippen LogP contribution in [-0.2, 0) is 20.7 Å². The highest BCUT2D eigenvalue weighted by Crippen LogP contribution is 2.21. The number of halogens is 1. The molecule has 1 amide bonds. The van der Waals surface area contributed by atoms with Gasteiger partial charge in [0.15, 0.2) is 0 Å². The molecule has 0 aliphatic carbocycles. The van der Waals surface area contributed by atoms with Gasteiger partial charge in [-0.15, -0.1) is 0 Å². The van der Waals surface area contributed by atoms with Crippen molar-refractivity contribution in [3.8, 4) is 0 Å². The summed E-state index contributed by atoms with van der Waals surface area (Å²) in [6, 6.07) is 1.21. The Bertz CT molecular complexity index is 524. The number of nitrogens with zero attached hydrogens (tertiary/aromatic N) is 1. The van der Waals surface area contributed by atoms with Crippen molar-refractivity contribution in [1.82, 2.24) is 4.98 Å². The SMILES string of the molecule is CCOC(=O)CCc1ncc(F)cc1NC(=O)C(C)(C)C. The van der Waals surface area contributed by atoms with Gasteiger partial charge in [0, 0.05) is 17.9 Å². The van der Waals surface area contributed by atoms with Crippen LogP contribution in [0.5, 0.6) is 0 Å². The summed E-state index contributed by atoms with van der Waals surface area (Å²) in [6.45, 7) is 7.31. The lowest BCUT2D eigenvalue weighted by molar-refractivity contribution is -0.143. The second-order valence-electron chi connectivity index (χ2n) is 5.66.